The van der Waals surface area contributed by atoms with Crippen molar-refractivity contribution in [3.63, 3.8) is 0 Å². The van der Waals surface area contributed by atoms with E-state index in [0.29, 0.717) is 25.0 Å². The molecular formula is C26H35NO2. The monoisotopic (exact) mass is 393 g/mol. The third kappa shape index (κ3) is 7.41. The lowest BCUT2D eigenvalue weighted by molar-refractivity contribution is 0.258. The lowest BCUT2D eigenvalue weighted by Crippen LogP contribution is -2.07. The fourth-order valence-electron chi connectivity index (χ4n) is 2.64. The minimum atomic E-state index is 0.470. The first-order chi connectivity index (χ1) is 13.9. The molecule has 3 rings (SSSR count). The van der Waals surface area contributed by atoms with Gasteiger partial charge in [-0.2, -0.15) is 0 Å². The van der Waals surface area contributed by atoms with E-state index in [4.69, 9.17) is 14.5 Å². The fourth-order valence-corrected chi connectivity index (χ4v) is 2.64. The van der Waals surface area contributed by atoms with E-state index < -0.39 is 0 Å². The number of rotatable bonds is 7. The molecule has 3 heteroatoms. The van der Waals surface area contributed by atoms with E-state index in [-0.39, 0.29) is 0 Å². The molecule has 3 aromatic rings. The van der Waals surface area contributed by atoms with E-state index in [9.17, 15) is 0 Å². The molecule has 1 heterocycles. The van der Waals surface area contributed by atoms with Crippen molar-refractivity contribution in [3.05, 3.63) is 54.6 Å². The zero-order valence-electron chi connectivity index (χ0n) is 18.7. The zero-order valence-corrected chi connectivity index (χ0v) is 18.7. The molecule has 0 atom stereocenters. The number of aromatic nitrogens is 1. The largest absolute Gasteiger partial charge is 0.493 e. The van der Waals surface area contributed by atoms with Gasteiger partial charge in [-0.15, -0.1) is 0 Å². The quantitative estimate of drug-likeness (QED) is 0.419. The first-order valence-electron chi connectivity index (χ1n) is 10.7. The zero-order chi connectivity index (χ0) is 21.2. The summed E-state index contributed by atoms with van der Waals surface area (Å²) < 4.78 is 11.9. The molecule has 0 N–H and O–H groups in total. The summed E-state index contributed by atoms with van der Waals surface area (Å²) in [5.74, 6) is 2.59. The van der Waals surface area contributed by atoms with Crippen molar-refractivity contribution in [2.45, 2.75) is 48.0 Å². The van der Waals surface area contributed by atoms with Crippen LogP contribution in [0.2, 0.25) is 0 Å². The van der Waals surface area contributed by atoms with Gasteiger partial charge >= 0.3 is 0 Å². The minimum Gasteiger partial charge on any atom is -0.493 e. The standard InChI is InChI=1S/C23H27NO2.C3H8/c1-16(2)14-25-20-11-19(12-21(13-20)26-15-17(3)4)23-10-9-18-7-5-6-8-22(18)24-23;1-3-2/h5-13,16-17H,14-15H2,1-4H3;3H2,1-2H3. The summed E-state index contributed by atoms with van der Waals surface area (Å²) in [4.78, 5) is 4.81. The third-order valence-electron chi connectivity index (χ3n) is 3.94. The molecule has 0 spiro atoms. The van der Waals surface area contributed by atoms with Gasteiger partial charge in [0, 0.05) is 17.0 Å². The minimum absolute atomic E-state index is 0.470. The van der Waals surface area contributed by atoms with Gasteiger partial charge < -0.3 is 9.47 Å². The molecule has 0 unspecified atom stereocenters. The van der Waals surface area contributed by atoms with Crippen LogP contribution >= 0.6 is 0 Å². The average Bonchev–Trinajstić information content (AvgIpc) is 2.71. The van der Waals surface area contributed by atoms with Crippen molar-refractivity contribution in [2.24, 2.45) is 11.8 Å². The average molecular weight is 394 g/mol. The van der Waals surface area contributed by atoms with Crippen LogP contribution in [0, 0.1) is 11.8 Å². The maximum Gasteiger partial charge on any atom is 0.123 e. The van der Waals surface area contributed by atoms with Crippen LogP contribution in [0.15, 0.2) is 54.6 Å². The molecule has 3 nitrogen and oxygen atoms in total. The Hall–Kier alpha value is -2.55. The Morgan fingerprint density at radius 3 is 1.86 bits per heavy atom. The van der Waals surface area contributed by atoms with Crippen LogP contribution in [0.4, 0.5) is 0 Å². The van der Waals surface area contributed by atoms with Gasteiger partial charge in [-0.05, 0) is 36.1 Å². The highest BCUT2D eigenvalue weighted by Gasteiger charge is 2.09. The second kappa shape index (κ2) is 11.5. The van der Waals surface area contributed by atoms with Gasteiger partial charge in [0.25, 0.3) is 0 Å². The van der Waals surface area contributed by atoms with Gasteiger partial charge in [0.05, 0.1) is 24.4 Å². The molecular weight excluding hydrogens is 358 g/mol. The Morgan fingerprint density at radius 1 is 0.759 bits per heavy atom. The summed E-state index contributed by atoms with van der Waals surface area (Å²) in [5.41, 5.74) is 2.92. The molecule has 0 aliphatic heterocycles. The number of ether oxygens (including phenoxy) is 2. The summed E-state index contributed by atoms with van der Waals surface area (Å²) in [5, 5.41) is 1.14. The van der Waals surface area contributed by atoms with Crippen LogP contribution < -0.4 is 9.47 Å². The van der Waals surface area contributed by atoms with Gasteiger partial charge in [0.2, 0.25) is 0 Å². The van der Waals surface area contributed by atoms with Crippen LogP contribution in [-0.2, 0) is 0 Å². The molecule has 0 saturated carbocycles. The number of fused-ring (bicyclic) bond motifs is 1. The Balaban J connectivity index is 0.000000941. The van der Waals surface area contributed by atoms with Gasteiger partial charge in [0.15, 0.2) is 0 Å². The summed E-state index contributed by atoms with van der Waals surface area (Å²) >= 11 is 0. The smallest absolute Gasteiger partial charge is 0.123 e. The van der Waals surface area contributed by atoms with Crippen LogP contribution in [0.5, 0.6) is 11.5 Å². The van der Waals surface area contributed by atoms with Gasteiger partial charge in [-0.3, -0.25) is 0 Å². The van der Waals surface area contributed by atoms with Crippen molar-refractivity contribution in [2.75, 3.05) is 13.2 Å². The lowest BCUT2D eigenvalue weighted by atomic mass is 10.1. The fraction of sp³-hybridized carbons (Fsp3) is 0.423. The van der Waals surface area contributed by atoms with E-state index >= 15 is 0 Å². The Labute approximate surface area is 176 Å². The van der Waals surface area contributed by atoms with E-state index in [1.807, 2.05) is 36.4 Å². The van der Waals surface area contributed by atoms with Crippen LogP contribution in [0.3, 0.4) is 0 Å². The van der Waals surface area contributed by atoms with Gasteiger partial charge in [-0.25, -0.2) is 4.98 Å². The Morgan fingerprint density at radius 2 is 1.31 bits per heavy atom. The molecule has 0 amide bonds. The summed E-state index contributed by atoms with van der Waals surface area (Å²) in [6, 6.07) is 18.4. The van der Waals surface area contributed by atoms with Crippen molar-refractivity contribution in [1.82, 2.24) is 4.98 Å². The first kappa shape index (κ1) is 22.7. The highest BCUT2D eigenvalue weighted by molar-refractivity contribution is 5.81. The summed E-state index contributed by atoms with van der Waals surface area (Å²) in [6.07, 6.45) is 1.25. The van der Waals surface area contributed by atoms with Crippen molar-refractivity contribution >= 4 is 10.9 Å². The Kier molecular flexibility index (Phi) is 8.98. The third-order valence-corrected chi connectivity index (χ3v) is 3.94. The molecule has 0 radical (unpaired) electrons. The van der Waals surface area contributed by atoms with Crippen LogP contribution in [-0.4, -0.2) is 18.2 Å². The first-order valence-corrected chi connectivity index (χ1v) is 10.7. The molecule has 0 saturated heterocycles. The van der Waals surface area contributed by atoms with E-state index in [2.05, 4.69) is 59.7 Å². The highest BCUT2D eigenvalue weighted by atomic mass is 16.5. The summed E-state index contributed by atoms with van der Waals surface area (Å²) in [6.45, 7) is 14.2. The van der Waals surface area contributed by atoms with Crippen molar-refractivity contribution in [3.8, 4) is 22.8 Å². The molecule has 156 valence electrons. The predicted octanol–water partition coefficient (Wildman–Crippen LogP) is 7.39. The number of benzene rings is 2. The lowest BCUT2D eigenvalue weighted by Gasteiger charge is -2.14. The second-order valence-electron chi connectivity index (χ2n) is 8.20. The number of para-hydroxylation sites is 1. The SMILES string of the molecule is CC(C)COc1cc(OCC(C)C)cc(-c2ccc3ccccc3n2)c1.CCC. The summed E-state index contributed by atoms with van der Waals surface area (Å²) in [7, 11) is 0. The molecule has 29 heavy (non-hydrogen) atoms. The molecule has 1 aromatic heterocycles. The highest BCUT2D eigenvalue weighted by Crippen LogP contribution is 2.30. The molecule has 0 bridgehead atoms. The Bertz CT molecular complexity index is 857. The van der Waals surface area contributed by atoms with Crippen LogP contribution in [0.1, 0.15) is 48.0 Å². The topological polar surface area (TPSA) is 31.4 Å². The van der Waals surface area contributed by atoms with Gasteiger partial charge in [0.1, 0.15) is 11.5 Å². The van der Waals surface area contributed by atoms with Crippen molar-refractivity contribution < 1.29 is 9.47 Å². The van der Waals surface area contributed by atoms with Crippen LogP contribution in [0.25, 0.3) is 22.2 Å². The number of hydrogen-bond acceptors (Lipinski definition) is 3. The molecule has 2 aromatic carbocycles. The normalized spacial score (nSPS) is 10.8. The number of nitrogens with zero attached hydrogens (tertiary/aromatic N) is 1. The van der Waals surface area contributed by atoms with E-state index in [1.165, 1.54) is 6.42 Å². The molecule has 0 aliphatic rings. The van der Waals surface area contributed by atoms with E-state index in [0.717, 1.165) is 33.7 Å². The number of pyridine rings is 1. The second-order valence-corrected chi connectivity index (χ2v) is 8.20. The molecule has 0 aliphatic carbocycles. The maximum atomic E-state index is 5.96. The predicted molar refractivity (Wildman–Crippen MR) is 124 cm³/mol. The van der Waals surface area contributed by atoms with Crippen molar-refractivity contribution in [1.29, 1.82) is 0 Å². The van der Waals surface area contributed by atoms with Gasteiger partial charge in [-0.1, -0.05) is 72.2 Å². The number of hydrogen-bond donors (Lipinski definition) is 0. The molecule has 0 fully saturated rings. The maximum absolute atomic E-state index is 5.96. The van der Waals surface area contributed by atoms with E-state index in [1.54, 1.807) is 0 Å².